The van der Waals surface area contributed by atoms with E-state index in [0.29, 0.717) is 6.54 Å². The smallest absolute Gasteiger partial charge is 0.319 e. The van der Waals surface area contributed by atoms with Crippen LogP contribution in [0, 0.1) is 6.92 Å². The first-order chi connectivity index (χ1) is 10.1. The van der Waals surface area contributed by atoms with Crippen molar-refractivity contribution in [3.05, 3.63) is 63.6 Å². The van der Waals surface area contributed by atoms with E-state index in [4.69, 9.17) is 0 Å². The van der Waals surface area contributed by atoms with Crippen LogP contribution in [0.5, 0.6) is 0 Å². The van der Waals surface area contributed by atoms with Gasteiger partial charge in [0.1, 0.15) is 0 Å². The number of hydrogen-bond donors (Lipinski definition) is 3. The first-order valence-electron chi connectivity index (χ1n) is 6.59. The summed E-state index contributed by atoms with van der Waals surface area (Å²) in [5, 5.41) is 14.9. The second-order valence-corrected chi connectivity index (χ2v) is 5.61. The number of aliphatic hydroxyl groups is 1. The van der Waals surface area contributed by atoms with Crippen LogP contribution in [0.3, 0.4) is 0 Å². The molecule has 0 aliphatic rings. The predicted octanol–water partition coefficient (Wildman–Crippen LogP) is 3.57. The number of anilines is 1. The zero-order valence-electron chi connectivity index (χ0n) is 11.7. The van der Waals surface area contributed by atoms with Crippen molar-refractivity contribution in [1.29, 1.82) is 0 Å². The Bertz CT molecular complexity index is 644. The summed E-state index contributed by atoms with van der Waals surface area (Å²) >= 11 is 3.39. The van der Waals surface area contributed by atoms with E-state index in [0.717, 1.165) is 26.9 Å². The molecular weight excluding hydrogens is 332 g/mol. The zero-order valence-corrected chi connectivity index (χ0v) is 13.3. The molecule has 3 N–H and O–H groups in total. The van der Waals surface area contributed by atoms with Gasteiger partial charge in [-0.25, -0.2) is 4.79 Å². The fraction of sp³-hybridized carbons (Fsp3) is 0.188. The maximum atomic E-state index is 11.9. The fourth-order valence-corrected chi connectivity index (χ4v) is 2.47. The van der Waals surface area contributed by atoms with E-state index < -0.39 is 0 Å². The van der Waals surface area contributed by atoms with Crippen LogP contribution < -0.4 is 10.6 Å². The Hall–Kier alpha value is -1.85. The minimum atomic E-state index is -0.270. The minimum absolute atomic E-state index is 0.0364. The average molecular weight is 349 g/mol. The number of urea groups is 1. The molecule has 2 aromatic carbocycles. The van der Waals surface area contributed by atoms with Crippen LogP contribution in [0.25, 0.3) is 0 Å². The largest absolute Gasteiger partial charge is 0.392 e. The van der Waals surface area contributed by atoms with Crippen molar-refractivity contribution in [3.63, 3.8) is 0 Å². The highest BCUT2D eigenvalue weighted by Gasteiger charge is 2.06. The zero-order chi connectivity index (χ0) is 15.2. The SMILES string of the molecule is Cc1cc(Br)ccc1NC(=O)NCc1ccccc1CO. The highest BCUT2D eigenvalue weighted by atomic mass is 79.9. The summed E-state index contributed by atoms with van der Waals surface area (Å²) in [7, 11) is 0. The Labute approximate surface area is 132 Å². The quantitative estimate of drug-likeness (QED) is 0.790. The van der Waals surface area contributed by atoms with Gasteiger partial charge in [0.25, 0.3) is 0 Å². The highest BCUT2D eigenvalue weighted by Crippen LogP contribution is 2.19. The summed E-state index contributed by atoms with van der Waals surface area (Å²) in [6.45, 7) is 2.27. The van der Waals surface area contributed by atoms with Gasteiger partial charge in [-0.3, -0.25) is 0 Å². The van der Waals surface area contributed by atoms with Crippen molar-refractivity contribution in [2.75, 3.05) is 5.32 Å². The lowest BCUT2D eigenvalue weighted by Crippen LogP contribution is -2.28. The molecule has 0 unspecified atom stereocenters. The number of hydrogen-bond acceptors (Lipinski definition) is 2. The van der Waals surface area contributed by atoms with E-state index in [1.54, 1.807) is 0 Å². The first-order valence-corrected chi connectivity index (χ1v) is 7.38. The summed E-state index contributed by atoms with van der Waals surface area (Å²) < 4.78 is 0.975. The topological polar surface area (TPSA) is 61.4 Å². The van der Waals surface area contributed by atoms with Crippen molar-refractivity contribution in [3.8, 4) is 0 Å². The van der Waals surface area contributed by atoms with Crippen molar-refractivity contribution in [1.82, 2.24) is 5.32 Å². The van der Waals surface area contributed by atoms with Crippen LogP contribution >= 0.6 is 15.9 Å². The van der Waals surface area contributed by atoms with Gasteiger partial charge < -0.3 is 15.7 Å². The molecule has 5 heteroatoms. The van der Waals surface area contributed by atoms with Gasteiger partial charge in [-0.2, -0.15) is 0 Å². The average Bonchev–Trinajstić information content (AvgIpc) is 2.48. The Kier molecular flexibility index (Phi) is 5.36. The predicted molar refractivity (Wildman–Crippen MR) is 87.1 cm³/mol. The Morgan fingerprint density at radius 2 is 1.90 bits per heavy atom. The van der Waals surface area contributed by atoms with Crippen molar-refractivity contribution in [2.45, 2.75) is 20.1 Å². The number of benzene rings is 2. The van der Waals surface area contributed by atoms with Crippen LogP contribution in [0.1, 0.15) is 16.7 Å². The fourth-order valence-electron chi connectivity index (χ4n) is 1.99. The summed E-state index contributed by atoms with van der Waals surface area (Å²) in [6.07, 6.45) is 0. The van der Waals surface area contributed by atoms with Gasteiger partial charge in [0.2, 0.25) is 0 Å². The lowest BCUT2D eigenvalue weighted by molar-refractivity contribution is 0.251. The van der Waals surface area contributed by atoms with Gasteiger partial charge in [-0.15, -0.1) is 0 Å². The van der Waals surface area contributed by atoms with E-state index in [9.17, 15) is 9.90 Å². The molecule has 0 radical (unpaired) electrons. The van der Waals surface area contributed by atoms with Gasteiger partial charge in [-0.05, 0) is 41.8 Å². The van der Waals surface area contributed by atoms with Crippen LogP contribution in [-0.4, -0.2) is 11.1 Å². The third-order valence-electron chi connectivity index (χ3n) is 3.16. The summed E-state index contributed by atoms with van der Waals surface area (Å²) in [6, 6.07) is 12.9. The molecule has 0 fully saturated rings. The van der Waals surface area contributed by atoms with Crippen LogP contribution in [-0.2, 0) is 13.2 Å². The normalized spacial score (nSPS) is 10.2. The number of nitrogens with one attached hydrogen (secondary N) is 2. The number of amides is 2. The number of carbonyl (C=O) groups excluding carboxylic acids is 1. The summed E-state index contributed by atoms with van der Waals surface area (Å²) in [5.41, 5.74) is 3.47. The van der Waals surface area contributed by atoms with Gasteiger partial charge in [-0.1, -0.05) is 40.2 Å². The molecule has 2 rings (SSSR count). The van der Waals surface area contributed by atoms with E-state index in [1.807, 2.05) is 49.4 Å². The van der Waals surface area contributed by atoms with Gasteiger partial charge in [0.15, 0.2) is 0 Å². The lowest BCUT2D eigenvalue weighted by Gasteiger charge is -2.11. The number of rotatable bonds is 4. The van der Waals surface area contributed by atoms with E-state index in [2.05, 4.69) is 26.6 Å². The number of carbonyl (C=O) groups is 1. The molecule has 0 aromatic heterocycles. The number of aryl methyl sites for hydroxylation is 1. The third kappa shape index (κ3) is 4.31. The summed E-state index contributed by atoms with van der Waals surface area (Å²) in [5.74, 6) is 0. The molecule has 2 aromatic rings. The van der Waals surface area contributed by atoms with Gasteiger partial charge >= 0.3 is 6.03 Å². The van der Waals surface area contributed by atoms with Gasteiger partial charge in [0.05, 0.1) is 6.61 Å². The van der Waals surface area contributed by atoms with Crippen LogP contribution in [0.15, 0.2) is 46.9 Å². The van der Waals surface area contributed by atoms with Crippen molar-refractivity contribution in [2.24, 2.45) is 0 Å². The second kappa shape index (κ2) is 7.24. The number of aliphatic hydroxyl groups excluding tert-OH is 1. The van der Waals surface area contributed by atoms with Gasteiger partial charge in [0, 0.05) is 16.7 Å². The van der Waals surface area contributed by atoms with Crippen LogP contribution in [0.2, 0.25) is 0 Å². The Morgan fingerprint density at radius 3 is 2.57 bits per heavy atom. The monoisotopic (exact) mass is 348 g/mol. The van der Waals surface area contributed by atoms with E-state index >= 15 is 0 Å². The molecule has 0 heterocycles. The van der Waals surface area contributed by atoms with E-state index in [-0.39, 0.29) is 12.6 Å². The molecular formula is C16H17BrN2O2. The molecule has 0 spiro atoms. The maximum Gasteiger partial charge on any atom is 0.319 e. The minimum Gasteiger partial charge on any atom is -0.392 e. The Balaban J connectivity index is 1.96. The molecule has 0 atom stereocenters. The Morgan fingerprint density at radius 1 is 1.19 bits per heavy atom. The third-order valence-corrected chi connectivity index (χ3v) is 3.66. The highest BCUT2D eigenvalue weighted by molar-refractivity contribution is 9.10. The molecule has 21 heavy (non-hydrogen) atoms. The first kappa shape index (κ1) is 15.5. The number of halogens is 1. The molecule has 0 aliphatic heterocycles. The molecule has 0 saturated carbocycles. The van der Waals surface area contributed by atoms with Crippen molar-refractivity contribution < 1.29 is 9.90 Å². The lowest BCUT2D eigenvalue weighted by atomic mass is 10.1. The molecule has 4 nitrogen and oxygen atoms in total. The van der Waals surface area contributed by atoms with Crippen molar-refractivity contribution >= 4 is 27.6 Å². The maximum absolute atomic E-state index is 11.9. The molecule has 0 saturated heterocycles. The molecule has 110 valence electrons. The van der Waals surface area contributed by atoms with Crippen LogP contribution in [0.4, 0.5) is 10.5 Å². The molecule has 0 aliphatic carbocycles. The molecule has 0 bridgehead atoms. The standard InChI is InChI=1S/C16H17BrN2O2/c1-11-8-14(17)6-7-15(11)19-16(21)18-9-12-4-2-3-5-13(12)10-20/h2-8,20H,9-10H2,1H3,(H2,18,19,21). The molecule has 2 amide bonds. The second-order valence-electron chi connectivity index (χ2n) is 4.69. The van der Waals surface area contributed by atoms with E-state index in [1.165, 1.54) is 0 Å². The summed E-state index contributed by atoms with van der Waals surface area (Å²) in [4.78, 5) is 11.9.